The van der Waals surface area contributed by atoms with Gasteiger partial charge in [-0.2, -0.15) is 0 Å². The third kappa shape index (κ3) is 3.39. The molecule has 1 aromatic carbocycles. The summed E-state index contributed by atoms with van der Waals surface area (Å²) in [6.07, 6.45) is 3.64. The number of benzene rings is 1. The third-order valence-electron chi connectivity index (χ3n) is 2.83. The van der Waals surface area contributed by atoms with Crippen LogP contribution >= 0.6 is 27.5 Å². The molecule has 0 saturated carbocycles. The van der Waals surface area contributed by atoms with Gasteiger partial charge in [0.05, 0.1) is 17.3 Å². The van der Waals surface area contributed by atoms with Gasteiger partial charge in [-0.05, 0) is 52.2 Å². The first kappa shape index (κ1) is 14.2. The Morgan fingerprint density at radius 2 is 2.21 bits per heavy atom. The molecule has 2 rings (SSSR count). The van der Waals surface area contributed by atoms with Crippen molar-refractivity contribution >= 4 is 33.2 Å². The largest absolute Gasteiger partial charge is 0.493 e. The fourth-order valence-corrected chi connectivity index (χ4v) is 2.74. The Bertz CT molecular complexity index is 590. The fourth-order valence-electron chi connectivity index (χ4n) is 1.77. The molecule has 1 heterocycles. The maximum atomic E-state index is 6.05. The molecule has 0 aliphatic heterocycles. The van der Waals surface area contributed by atoms with Crippen LogP contribution in [0.15, 0.2) is 35.1 Å². The molecule has 1 N–H and O–H groups in total. The van der Waals surface area contributed by atoms with Gasteiger partial charge in [0.2, 0.25) is 0 Å². The first-order valence-electron chi connectivity index (χ1n) is 5.78. The minimum absolute atomic E-state index is 0.651. The topological polar surface area (TPSA) is 34.1 Å². The van der Waals surface area contributed by atoms with E-state index in [4.69, 9.17) is 16.3 Å². The van der Waals surface area contributed by atoms with Crippen molar-refractivity contribution in [1.82, 2.24) is 4.98 Å². The molecular formula is C14H14BrClN2O. The summed E-state index contributed by atoms with van der Waals surface area (Å²) in [5.74, 6) is 0.742. The van der Waals surface area contributed by atoms with Crippen LogP contribution in [-0.2, 0) is 6.54 Å². The molecule has 0 atom stereocenters. The molecular weight excluding hydrogens is 328 g/mol. The highest BCUT2D eigenvalue weighted by Gasteiger charge is 2.09. The molecule has 0 spiro atoms. The quantitative estimate of drug-likeness (QED) is 0.893. The van der Waals surface area contributed by atoms with Crippen molar-refractivity contribution in [2.75, 3.05) is 12.4 Å². The lowest BCUT2D eigenvalue weighted by Crippen LogP contribution is -2.03. The molecule has 0 fully saturated rings. The zero-order valence-corrected chi connectivity index (χ0v) is 13.0. The standard InChI is InChI=1S/C14H14BrClN2O/c1-9-3-4-17-7-10(9)8-18-13-6-11(16)5-12(15)14(13)19-2/h3-7,18H,8H2,1-2H3. The second-order valence-electron chi connectivity index (χ2n) is 4.12. The van der Waals surface area contributed by atoms with E-state index in [0.29, 0.717) is 11.6 Å². The summed E-state index contributed by atoms with van der Waals surface area (Å²) in [6, 6.07) is 5.64. The number of nitrogens with zero attached hydrogens (tertiary/aromatic N) is 1. The van der Waals surface area contributed by atoms with Crippen LogP contribution in [0.5, 0.6) is 5.75 Å². The Morgan fingerprint density at radius 3 is 2.89 bits per heavy atom. The molecule has 2 aromatic rings. The molecule has 3 nitrogen and oxygen atoms in total. The van der Waals surface area contributed by atoms with Gasteiger partial charge in [-0.25, -0.2) is 0 Å². The van der Waals surface area contributed by atoms with Crippen LogP contribution in [-0.4, -0.2) is 12.1 Å². The van der Waals surface area contributed by atoms with Crippen LogP contribution in [0, 0.1) is 6.92 Å². The molecule has 0 radical (unpaired) electrons. The zero-order chi connectivity index (χ0) is 13.8. The Labute approximate surface area is 126 Å². The molecule has 1 aromatic heterocycles. The van der Waals surface area contributed by atoms with E-state index < -0.39 is 0 Å². The number of ether oxygens (including phenoxy) is 1. The molecule has 0 bridgehead atoms. The summed E-state index contributed by atoms with van der Waals surface area (Å²) >= 11 is 9.49. The molecule has 0 unspecified atom stereocenters. The predicted octanol–water partition coefficient (Wildman–Crippen LogP) is 4.43. The van der Waals surface area contributed by atoms with Crippen LogP contribution < -0.4 is 10.1 Å². The normalized spacial score (nSPS) is 10.3. The number of nitrogens with one attached hydrogen (secondary N) is 1. The highest BCUT2D eigenvalue weighted by Crippen LogP contribution is 2.36. The van der Waals surface area contributed by atoms with Crippen molar-refractivity contribution in [3.05, 3.63) is 51.2 Å². The molecule has 5 heteroatoms. The third-order valence-corrected chi connectivity index (χ3v) is 3.64. The average molecular weight is 342 g/mol. The summed E-state index contributed by atoms with van der Waals surface area (Å²) < 4.78 is 6.19. The van der Waals surface area contributed by atoms with Gasteiger partial charge >= 0.3 is 0 Å². The average Bonchev–Trinajstić information content (AvgIpc) is 2.37. The first-order chi connectivity index (χ1) is 9.11. The van der Waals surface area contributed by atoms with Crippen molar-refractivity contribution in [3.8, 4) is 5.75 Å². The van der Waals surface area contributed by atoms with Crippen molar-refractivity contribution in [2.45, 2.75) is 13.5 Å². The molecule has 19 heavy (non-hydrogen) atoms. The monoisotopic (exact) mass is 340 g/mol. The van der Waals surface area contributed by atoms with Gasteiger partial charge in [0.15, 0.2) is 5.75 Å². The highest BCUT2D eigenvalue weighted by atomic mass is 79.9. The Kier molecular flexibility index (Phi) is 4.66. The number of hydrogen-bond acceptors (Lipinski definition) is 3. The number of hydrogen-bond donors (Lipinski definition) is 1. The predicted molar refractivity (Wildman–Crippen MR) is 82.0 cm³/mol. The van der Waals surface area contributed by atoms with Gasteiger partial charge in [0.1, 0.15) is 0 Å². The van der Waals surface area contributed by atoms with E-state index in [0.717, 1.165) is 21.5 Å². The summed E-state index contributed by atoms with van der Waals surface area (Å²) in [5, 5.41) is 3.97. The van der Waals surface area contributed by atoms with Gasteiger partial charge in [-0.3, -0.25) is 4.98 Å². The summed E-state index contributed by atoms with van der Waals surface area (Å²) in [5.41, 5.74) is 3.19. The summed E-state index contributed by atoms with van der Waals surface area (Å²) in [7, 11) is 1.63. The number of anilines is 1. The molecule has 0 amide bonds. The SMILES string of the molecule is COc1c(Br)cc(Cl)cc1NCc1cnccc1C. The van der Waals surface area contributed by atoms with Gasteiger partial charge in [0, 0.05) is 24.0 Å². The van der Waals surface area contributed by atoms with Gasteiger partial charge < -0.3 is 10.1 Å². The van der Waals surface area contributed by atoms with Gasteiger partial charge in [-0.1, -0.05) is 11.6 Å². The highest BCUT2D eigenvalue weighted by molar-refractivity contribution is 9.10. The number of aryl methyl sites for hydroxylation is 1. The number of aromatic nitrogens is 1. The minimum atomic E-state index is 0.651. The molecule has 0 saturated heterocycles. The molecule has 100 valence electrons. The lowest BCUT2D eigenvalue weighted by molar-refractivity contribution is 0.414. The van der Waals surface area contributed by atoms with Crippen molar-refractivity contribution in [1.29, 1.82) is 0 Å². The van der Waals surface area contributed by atoms with E-state index in [1.807, 2.05) is 18.3 Å². The Morgan fingerprint density at radius 1 is 1.42 bits per heavy atom. The summed E-state index contributed by atoms with van der Waals surface area (Å²) in [6.45, 7) is 2.73. The smallest absolute Gasteiger partial charge is 0.156 e. The van der Waals surface area contributed by atoms with Crippen LogP contribution in [0.3, 0.4) is 0 Å². The minimum Gasteiger partial charge on any atom is -0.493 e. The molecule has 0 aliphatic rings. The Hall–Kier alpha value is -1.26. The van der Waals surface area contributed by atoms with E-state index in [9.17, 15) is 0 Å². The lowest BCUT2D eigenvalue weighted by atomic mass is 10.1. The van der Waals surface area contributed by atoms with Crippen molar-refractivity contribution < 1.29 is 4.74 Å². The van der Waals surface area contributed by atoms with Crippen LogP contribution in [0.4, 0.5) is 5.69 Å². The Balaban J connectivity index is 2.22. The maximum absolute atomic E-state index is 6.05. The number of pyridine rings is 1. The van der Waals surface area contributed by atoms with E-state index >= 15 is 0 Å². The summed E-state index contributed by atoms with van der Waals surface area (Å²) in [4.78, 5) is 4.13. The first-order valence-corrected chi connectivity index (χ1v) is 6.95. The number of rotatable bonds is 4. The second-order valence-corrected chi connectivity index (χ2v) is 5.41. The molecule has 0 aliphatic carbocycles. The fraction of sp³-hybridized carbons (Fsp3) is 0.214. The maximum Gasteiger partial charge on any atom is 0.156 e. The number of methoxy groups -OCH3 is 1. The van der Waals surface area contributed by atoms with Crippen LogP contribution in [0.1, 0.15) is 11.1 Å². The lowest BCUT2D eigenvalue weighted by Gasteiger charge is -2.14. The van der Waals surface area contributed by atoms with Crippen LogP contribution in [0.2, 0.25) is 5.02 Å². The van der Waals surface area contributed by atoms with E-state index in [2.05, 4.69) is 33.2 Å². The van der Waals surface area contributed by atoms with Crippen molar-refractivity contribution in [2.24, 2.45) is 0 Å². The van der Waals surface area contributed by atoms with E-state index in [1.165, 1.54) is 5.56 Å². The van der Waals surface area contributed by atoms with Gasteiger partial charge in [0.25, 0.3) is 0 Å². The van der Waals surface area contributed by atoms with E-state index in [1.54, 1.807) is 19.4 Å². The second kappa shape index (κ2) is 6.26. The van der Waals surface area contributed by atoms with Crippen LogP contribution in [0.25, 0.3) is 0 Å². The van der Waals surface area contributed by atoms with Crippen molar-refractivity contribution in [3.63, 3.8) is 0 Å². The number of halogens is 2. The van der Waals surface area contributed by atoms with Gasteiger partial charge in [-0.15, -0.1) is 0 Å². The zero-order valence-electron chi connectivity index (χ0n) is 10.7. The van der Waals surface area contributed by atoms with E-state index in [-0.39, 0.29) is 0 Å².